The number of benzene rings is 2. The van der Waals surface area contributed by atoms with Gasteiger partial charge in [0.2, 0.25) is 0 Å². The van der Waals surface area contributed by atoms with Crippen molar-refractivity contribution >= 4 is 28.9 Å². The number of carbonyl (C=O) groups excluding carboxylic acids is 2. The first-order valence-electron chi connectivity index (χ1n) is 10.4. The number of aromatic nitrogens is 1. The van der Waals surface area contributed by atoms with E-state index in [1.807, 2.05) is 43.3 Å². The molecule has 5 nitrogen and oxygen atoms in total. The Morgan fingerprint density at radius 2 is 1.90 bits per heavy atom. The van der Waals surface area contributed by atoms with Gasteiger partial charge in [-0.3, -0.25) is 9.36 Å². The largest absolute Gasteiger partial charge is 0.494 e. The molecule has 0 unspecified atom stereocenters. The highest BCUT2D eigenvalue weighted by atomic mass is 16.5. The molecule has 0 radical (unpaired) electrons. The highest BCUT2D eigenvalue weighted by Gasteiger charge is 2.16. The summed E-state index contributed by atoms with van der Waals surface area (Å²) in [6, 6.07) is 14.8. The van der Waals surface area contributed by atoms with E-state index in [1.165, 1.54) is 12.2 Å². The Morgan fingerprint density at radius 3 is 2.61 bits per heavy atom. The average molecular weight is 418 g/mol. The van der Waals surface area contributed by atoms with Gasteiger partial charge in [-0.25, -0.2) is 4.79 Å². The van der Waals surface area contributed by atoms with Crippen LogP contribution >= 0.6 is 0 Å². The standard InChI is InChI=1S/C26H27NO4/c1-4-6-17-30-22-13-10-21(11-14-22)26(29)27-19(3)18-23-20(8-7-9-24(23)27)12-15-25(28)31-16-5-2/h5,7-15,18H,2,4,6,16-17H2,1,3H3/b15-12+. The van der Waals surface area contributed by atoms with Gasteiger partial charge in [0.1, 0.15) is 12.4 Å². The Kier molecular flexibility index (Phi) is 7.44. The lowest BCUT2D eigenvalue weighted by Crippen LogP contribution is -2.13. The molecule has 0 N–H and O–H groups in total. The van der Waals surface area contributed by atoms with Gasteiger partial charge in [0, 0.05) is 22.7 Å². The molecule has 0 aliphatic carbocycles. The second-order valence-corrected chi connectivity index (χ2v) is 7.18. The normalized spacial score (nSPS) is 11.0. The molecule has 0 bridgehead atoms. The highest BCUT2D eigenvalue weighted by molar-refractivity contribution is 6.05. The third kappa shape index (κ3) is 5.31. The third-order valence-corrected chi connectivity index (χ3v) is 4.88. The summed E-state index contributed by atoms with van der Waals surface area (Å²) in [6.07, 6.45) is 6.67. The van der Waals surface area contributed by atoms with E-state index in [-0.39, 0.29) is 12.5 Å². The summed E-state index contributed by atoms with van der Waals surface area (Å²) in [5.74, 6) is 0.208. The number of fused-ring (bicyclic) bond motifs is 1. The van der Waals surface area contributed by atoms with Gasteiger partial charge in [-0.15, -0.1) is 0 Å². The zero-order valence-corrected chi connectivity index (χ0v) is 18.0. The maximum Gasteiger partial charge on any atom is 0.331 e. The molecule has 0 aliphatic rings. The minimum absolute atomic E-state index is 0.112. The van der Waals surface area contributed by atoms with E-state index in [9.17, 15) is 9.59 Å². The average Bonchev–Trinajstić information content (AvgIpc) is 3.12. The summed E-state index contributed by atoms with van der Waals surface area (Å²) in [4.78, 5) is 25.0. The molecule has 0 amide bonds. The summed E-state index contributed by atoms with van der Waals surface area (Å²) >= 11 is 0. The summed E-state index contributed by atoms with van der Waals surface area (Å²) in [5.41, 5.74) is 3.02. The molecule has 3 rings (SSSR count). The van der Waals surface area contributed by atoms with Crippen LogP contribution in [0, 0.1) is 6.92 Å². The predicted molar refractivity (Wildman–Crippen MR) is 123 cm³/mol. The lowest BCUT2D eigenvalue weighted by Gasteiger charge is -2.09. The summed E-state index contributed by atoms with van der Waals surface area (Å²) in [5, 5.41) is 0.889. The number of carbonyl (C=O) groups is 2. The number of hydrogen-bond donors (Lipinski definition) is 0. The molecule has 5 heteroatoms. The van der Waals surface area contributed by atoms with Gasteiger partial charge in [0.15, 0.2) is 0 Å². The maximum absolute atomic E-state index is 13.2. The smallest absolute Gasteiger partial charge is 0.331 e. The van der Waals surface area contributed by atoms with Crippen LogP contribution < -0.4 is 4.74 Å². The molecule has 0 aliphatic heterocycles. The van der Waals surface area contributed by atoms with Gasteiger partial charge < -0.3 is 9.47 Å². The number of unbranched alkanes of at least 4 members (excludes halogenated alkanes) is 1. The lowest BCUT2D eigenvalue weighted by molar-refractivity contribution is -0.136. The van der Waals surface area contributed by atoms with Crippen molar-refractivity contribution in [2.75, 3.05) is 13.2 Å². The minimum atomic E-state index is -0.439. The molecule has 1 aromatic heterocycles. The number of hydrogen-bond acceptors (Lipinski definition) is 4. The molecule has 0 saturated carbocycles. The Balaban J connectivity index is 1.86. The molecule has 31 heavy (non-hydrogen) atoms. The Bertz CT molecular complexity index is 1110. The topological polar surface area (TPSA) is 57.5 Å². The minimum Gasteiger partial charge on any atom is -0.494 e. The maximum atomic E-state index is 13.2. The van der Waals surface area contributed by atoms with E-state index >= 15 is 0 Å². The van der Waals surface area contributed by atoms with Crippen LogP contribution in [0.5, 0.6) is 5.75 Å². The van der Waals surface area contributed by atoms with Gasteiger partial charge in [0.05, 0.1) is 12.1 Å². The van der Waals surface area contributed by atoms with Crippen molar-refractivity contribution in [1.29, 1.82) is 0 Å². The van der Waals surface area contributed by atoms with E-state index in [1.54, 1.807) is 22.8 Å². The van der Waals surface area contributed by atoms with Gasteiger partial charge in [0.25, 0.3) is 5.91 Å². The summed E-state index contributed by atoms with van der Waals surface area (Å²) in [6.45, 7) is 8.37. The predicted octanol–water partition coefficient (Wildman–Crippen LogP) is 5.56. The van der Waals surface area contributed by atoms with Crippen LogP contribution in [0.3, 0.4) is 0 Å². The van der Waals surface area contributed by atoms with Crippen LogP contribution in [-0.2, 0) is 9.53 Å². The number of nitrogens with zero attached hydrogens (tertiary/aromatic N) is 1. The van der Waals surface area contributed by atoms with E-state index in [2.05, 4.69) is 13.5 Å². The van der Waals surface area contributed by atoms with E-state index in [0.717, 1.165) is 40.8 Å². The molecular formula is C26H27NO4. The van der Waals surface area contributed by atoms with Crippen molar-refractivity contribution in [2.45, 2.75) is 26.7 Å². The first-order valence-corrected chi connectivity index (χ1v) is 10.4. The monoisotopic (exact) mass is 417 g/mol. The molecule has 160 valence electrons. The van der Waals surface area contributed by atoms with Gasteiger partial charge in [-0.05, 0) is 61.4 Å². The van der Waals surface area contributed by atoms with Crippen molar-refractivity contribution < 1.29 is 19.1 Å². The number of esters is 1. The van der Waals surface area contributed by atoms with Gasteiger partial charge in [-0.2, -0.15) is 0 Å². The zero-order valence-electron chi connectivity index (χ0n) is 18.0. The second-order valence-electron chi connectivity index (χ2n) is 7.18. The van der Waals surface area contributed by atoms with E-state index < -0.39 is 5.97 Å². The summed E-state index contributed by atoms with van der Waals surface area (Å²) in [7, 11) is 0. The third-order valence-electron chi connectivity index (χ3n) is 4.88. The Labute approximate surface area is 182 Å². The number of rotatable bonds is 9. The van der Waals surface area contributed by atoms with Crippen LogP contribution in [0.4, 0.5) is 0 Å². The quantitative estimate of drug-likeness (QED) is 0.198. The van der Waals surface area contributed by atoms with Crippen molar-refractivity contribution in [2.24, 2.45) is 0 Å². The fraction of sp³-hybridized carbons (Fsp3) is 0.231. The van der Waals surface area contributed by atoms with Crippen LogP contribution in [0.25, 0.3) is 17.0 Å². The van der Waals surface area contributed by atoms with Crippen molar-refractivity contribution in [3.63, 3.8) is 0 Å². The number of aryl methyl sites for hydroxylation is 1. The molecule has 2 aromatic carbocycles. The highest BCUT2D eigenvalue weighted by Crippen LogP contribution is 2.26. The number of ether oxygens (including phenoxy) is 2. The second kappa shape index (κ2) is 10.4. The SMILES string of the molecule is C=CCOC(=O)/C=C/c1cccc2c1cc(C)n2C(=O)c1ccc(OCCCC)cc1. The zero-order chi connectivity index (χ0) is 22.2. The Morgan fingerprint density at radius 1 is 1.13 bits per heavy atom. The van der Waals surface area contributed by atoms with Crippen LogP contribution in [0.2, 0.25) is 0 Å². The fourth-order valence-electron chi connectivity index (χ4n) is 3.31. The molecule has 0 atom stereocenters. The molecule has 0 saturated heterocycles. The Hall–Kier alpha value is -3.60. The van der Waals surface area contributed by atoms with Crippen LogP contribution in [0.1, 0.15) is 41.4 Å². The molecule has 0 spiro atoms. The van der Waals surface area contributed by atoms with Crippen LogP contribution in [0.15, 0.2) is 67.3 Å². The molecule has 1 heterocycles. The fourth-order valence-corrected chi connectivity index (χ4v) is 3.31. The molecular weight excluding hydrogens is 390 g/mol. The first-order chi connectivity index (χ1) is 15.0. The van der Waals surface area contributed by atoms with Crippen molar-refractivity contribution in [3.05, 3.63) is 84.1 Å². The van der Waals surface area contributed by atoms with Crippen molar-refractivity contribution in [1.82, 2.24) is 4.57 Å². The molecule has 3 aromatic rings. The summed E-state index contributed by atoms with van der Waals surface area (Å²) < 4.78 is 12.4. The lowest BCUT2D eigenvalue weighted by atomic mass is 10.1. The van der Waals surface area contributed by atoms with Crippen molar-refractivity contribution in [3.8, 4) is 5.75 Å². The van der Waals surface area contributed by atoms with Gasteiger partial charge >= 0.3 is 5.97 Å². The van der Waals surface area contributed by atoms with E-state index in [4.69, 9.17) is 9.47 Å². The van der Waals surface area contributed by atoms with Crippen LogP contribution in [-0.4, -0.2) is 29.7 Å². The van der Waals surface area contributed by atoms with E-state index in [0.29, 0.717) is 12.2 Å². The van der Waals surface area contributed by atoms with Gasteiger partial charge in [-0.1, -0.05) is 38.1 Å². The molecule has 0 fully saturated rings. The first kappa shape index (κ1) is 22.1.